The van der Waals surface area contributed by atoms with Crippen LogP contribution in [0, 0.1) is 0 Å². The van der Waals surface area contributed by atoms with Crippen molar-refractivity contribution in [3.63, 3.8) is 0 Å². The molecule has 2 aromatic rings. The van der Waals surface area contributed by atoms with Crippen molar-refractivity contribution in [1.29, 1.82) is 0 Å². The van der Waals surface area contributed by atoms with E-state index >= 15 is 0 Å². The molecule has 4 nitrogen and oxygen atoms in total. The zero-order chi connectivity index (χ0) is 15.1. The highest BCUT2D eigenvalue weighted by atomic mass is 79.9. The fourth-order valence-corrected chi connectivity index (χ4v) is 2.45. The number of rotatable bonds is 7. The standard InChI is InChI=1S/C16H19BrN2O2/c1-3-21-16-7-13(14(17)8-15(16)20-2)11-19-10-12-5-4-6-18-9-12/h4-9,19H,3,10-11H2,1-2H3. The Morgan fingerprint density at radius 2 is 2.10 bits per heavy atom. The molecule has 0 aliphatic carbocycles. The van der Waals surface area contributed by atoms with Crippen LogP contribution in [0.25, 0.3) is 0 Å². The molecule has 1 heterocycles. The minimum absolute atomic E-state index is 0.612. The van der Waals surface area contributed by atoms with E-state index in [9.17, 15) is 0 Å². The molecule has 0 amide bonds. The molecule has 0 aliphatic rings. The van der Waals surface area contributed by atoms with Gasteiger partial charge in [-0.05, 0) is 36.2 Å². The Balaban J connectivity index is 2.03. The van der Waals surface area contributed by atoms with E-state index < -0.39 is 0 Å². The molecule has 0 atom stereocenters. The first-order valence-electron chi connectivity index (χ1n) is 6.83. The molecule has 112 valence electrons. The van der Waals surface area contributed by atoms with Gasteiger partial charge in [0.15, 0.2) is 11.5 Å². The second-order valence-electron chi connectivity index (χ2n) is 4.49. The SMILES string of the molecule is CCOc1cc(CNCc2cccnc2)c(Br)cc1OC. The third-order valence-electron chi connectivity index (χ3n) is 3.00. The van der Waals surface area contributed by atoms with Gasteiger partial charge in [-0.3, -0.25) is 4.98 Å². The molecule has 0 unspecified atom stereocenters. The summed E-state index contributed by atoms with van der Waals surface area (Å²) >= 11 is 3.57. The van der Waals surface area contributed by atoms with Crippen LogP contribution >= 0.6 is 15.9 Å². The van der Waals surface area contributed by atoms with E-state index in [-0.39, 0.29) is 0 Å². The molecule has 0 radical (unpaired) electrons. The lowest BCUT2D eigenvalue weighted by molar-refractivity contribution is 0.310. The van der Waals surface area contributed by atoms with Gasteiger partial charge < -0.3 is 14.8 Å². The van der Waals surface area contributed by atoms with E-state index in [1.807, 2.05) is 31.3 Å². The van der Waals surface area contributed by atoms with Crippen LogP contribution in [-0.2, 0) is 13.1 Å². The van der Waals surface area contributed by atoms with Crippen LogP contribution in [0.1, 0.15) is 18.1 Å². The number of hydrogen-bond donors (Lipinski definition) is 1. The number of methoxy groups -OCH3 is 1. The minimum atomic E-state index is 0.612. The van der Waals surface area contributed by atoms with Crippen molar-refractivity contribution in [2.75, 3.05) is 13.7 Å². The Morgan fingerprint density at radius 1 is 1.24 bits per heavy atom. The topological polar surface area (TPSA) is 43.4 Å². The van der Waals surface area contributed by atoms with Gasteiger partial charge in [-0.25, -0.2) is 0 Å². The monoisotopic (exact) mass is 350 g/mol. The number of ether oxygens (including phenoxy) is 2. The van der Waals surface area contributed by atoms with Crippen molar-refractivity contribution in [2.24, 2.45) is 0 Å². The van der Waals surface area contributed by atoms with Crippen molar-refractivity contribution >= 4 is 15.9 Å². The van der Waals surface area contributed by atoms with Crippen molar-refractivity contribution < 1.29 is 9.47 Å². The van der Waals surface area contributed by atoms with Crippen LogP contribution in [0.2, 0.25) is 0 Å². The van der Waals surface area contributed by atoms with Crippen LogP contribution in [0.3, 0.4) is 0 Å². The van der Waals surface area contributed by atoms with Gasteiger partial charge in [-0.2, -0.15) is 0 Å². The maximum atomic E-state index is 5.60. The number of aromatic nitrogens is 1. The summed E-state index contributed by atoms with van der Waals surface area (Å²) in [5.74, 6) is 1.50. The third kappa shape index (κ3) is 4.44. The molecule has 2 rings (SSSR count). The molecular formula is C16H19BrN2O2. The molecule has 0 bridgehead atoms. The molecule has 5 heteroatoms. The van der Waals surface area contributed by atoms with Gasteiger partial charge in [0.05, 0.1) is 13.7 Å². The molecule has 1 N–H and O–H groups in total. The van der Waals surface area contributed by atoms with Crippen LogP contribution < -0.4 is 14.8 Å². The smallest absolute Gasteiger partial charge is 0.161 e. The van der Waals surface area contributed by atoms with Gasteiger partial charge in [0.25, 0.3) is 0 Å². The van der Waals surface area contributed by atoms with Gasteiger partial charge in [-0.1, -0.05) is 22.0 Å². The average Bonchev–Trinajstić information content (AvgIpc) is 2.51. The second kappa shape index (κ2) is 8.00. The summed E-state index contributed by atoms with van der Waals surface area (Å²) in [4.78, 5) is 4.10. The predicted octanol–water partition coefficient (Wildman–Crippen LogP) is 3.54. The summed E-state index contributed by atoms with van der Waals surface area (Å²) in [5, 5.41) is 3.40. The summed E-state index contributed by atoms with van der Waals surface area (Å²) in [6.07, 6.45) is 3.64. The Kier molecular flexibility index (Phi) is 6.02. The van der Waals surface area contributed by atoms with Crippen molar-refractivity contribution in [2.45, 2.75) is 20.0 Å². The lowest BCUT2D eigenvalue weighted by atomic mass is 10.2. The Morgan fingerprint density at radius 3 is 2.76 bits per heavy atom. The fraction of sp³-hybridized carbons (Fsp3) is 0.312. The molecule has 0 spiro atoms. The first kappa shape index (κ1) is 15.8. The van der Waals surface area contributed by atoms with Crippen LogP contribution in [-0.4, -0.2) is 18.7 Å². The first-order valence-corrected chi connectivity index (χ1v) is 7.62. The Labute approximate surface area is 133 Å². The molecule has 0 aliphatic heterocycles. The Hall–Kier alpha value is -1.59. The fourth-order valence-electron chi connectivity index (χ4n) is 1.98. The van der Waals surface area contributed by atoms with E-state index in [4.69, 9.17) is 9.47 Å². The highest BCUT2D eigenvalue weighted by molar-refractivity contribution is 9.10. The van der Waals surface area contributed by atoms with Gasteiger partial charge in [0, 0.05) is 30.0 Å². The van der Waals surface area contributed by atoms with Crippen LogP contribution in [0.5, 0.6) is 11.5 Å². The van der Waals surface area contributed by atoms with E-state index in [0.29, 0.717) is 6.61 Å². The average molecular weight is 351 g/mol. The van der Waals surface area contributed by atoms with Gasteiger partial charge in [-0.15, -0.1) is 0 Å². The lowest BCUT2D eigenvalue weighted by Gasteiger charge is -2.13. The molecule has 0 fully saturated rings. The summed E-state index contributed by atoms with van der Waals surface area (Å²) in [6.45, 7) is 4.08. The van der Waals surface area contributed by atoms with Crippen molar-refractivity contribution in [3.8, 4) is 11.5 Å². The number of benzene rings is 1. The largest absolute Gasteiger partial charge is 0.493 e. The summed E-state index contributed by atoms with van der Waals surface area (Å²) in [7, 11) is 1.64. The number of nitrogens with one attached hydrogen (secondary N) is 1. The maximum absolute atomic E-state index is 5.60. The zero-order valence-corrected chi connectivity index (χ0v) is 13.8. The Bertz CT molecular complexity index is 576. The number of pyridine rings is 1. The number of hydrogen-bond acceptors (Lipinski definition) is 4. The maximum Gasteiger partial charge on any atom is 0.161 e. The van der Waals surface area contributed by atoms with Crippen LogP contribution in [0.4, 0.5) is 0 Å². The van der Waals surface area contributed by atoms with Crippen molar-refractivity contribution in [1.82, 2.24) is 10.3 Å². The van der Waals surface area contributed by atoms with E-state index in [1.54, 1.807) is 13.3 Å². The molecule has 21 heavy (non-hydrogen) atoms. The van der Waals surface area contributed by atoms with E-state index in [1.165, 1.54) is 0 Å². The van der Waals surface area contributed by atoms with Gasteiger partial charge in [0.1, 0.15) is 0 Å². The van der Waals surface area contributed by atoms with E-state index in [0.717, 1.165) is 40.2 Å². The zero-order valence-electron chi connectivity index (χ0n) is 12.2. The van der Waals surface area contributed by atoms with Gasteiger partial charge in [0.2, 0.25) is 0 Å². The molecule has 0 saturated heterocycles. The summed E-state index contributed by atoms with van der Waals surface area (Å²) < 4.78 is 11.9. The molecule has 1 aromatic heterocycles. The number of nitrogens with zero attached hydrogens (tertiary/aromatic N) is 1. The normalized spacial score (nSPS) is 10.4. The summed E-state index contributed by atoms with van der Waals surface area (Å²) in [6, 6.07) is 7.93. The van der Waals surface area contributed by atoms with Crippen LogP contribution in [0.15, 0.2) is 41.1 Å². The lowest BCUT2D eigenvalue weighted by Crippen LogP contribution is -2.13. The summed E-state index contributed by atoms with van der Waals surface area (Å²) in [5.41, 5.74) is 2.29. The molecule has 1 aromatic carbocycles. The quantitative estimate of drug-likeness (QED) is 0.829. The molecular weight excluding hydrogens is 332 g/mol. The van der Waals surface area contributed by atoms with Crippen molar-refractivity contribution in [3.05, 3.63) is 52.3 Å². The minimum Gasteiger partial charge on any atom is -0.493 e. The van der Waals surface area contributed by atoms with Gasteiger partial charge >= 0.3 is 0 Å². The molecule has 0 saturated carbocycles. The third-order valence-corrected chi connectivity index (χ3v) is 3.74. The highest BCUT2D eigenvalue weighted by Gasteiger charge is 2.09. The van der Waals surface area contributed by atoms with E-state index in [2.05, 4.69) is 32.3 Å². The second-order valence-corrected chi connectivity index (χ2v) is 5.35. The number of halogens is 1. The predicted molar refractivity (Wildman–Crippen MR) is 86.6 cm³/mol. The first-order chi connectivity index (χ1) is 10.2. The highest BCUT2D eigenvalue weighted by Crippen LogP contribution is 2.33.